The molecule has 6 heteroatoms. The van der Waals surface area contributed by atoms with Gasteiger partial charge in [0, 0.05) is 6.04 Å². The summed E-state index contributed by atoms with van der Waals surface area (Å²) in [7, 11) is 0. The molecule has 1 aromatic carbocycles. The molecule has 1 N–H and O–H groups in total. The molecule has 0 unspecified atom stereocenters. The number of ether oxygens (including phenoxy) is 3. The molecule has 1 saturated carbocycles. The quantitative estimate of drug-likeness (QED) is 0.815. The van der Waals surface area contributed by atoms with Crippen LogP contribution in [0.25, 0.3) is 0 Å². The number of esters is 1. The fraction of sp³-hybridized carbons (Fsp3) is 0.385. The van der Waals surface area contributed by atoms with E-state index in [1.165, 1.54) is 0 Å². The van der Waals surface area contributed by atoms with Gasteiger partial charge >= 0.3 is 5.97 Å². The Hall–Kier alpha value is -2.24. The number of fused-ring (bicyclic) bond motifs is 1. The van der Waals surface area contributed by atoms with E-state index in [-0.39, 0.29) is 25.3 Å². The lowest BCUT2D eigenvalue weighted by molar-refractivity contribution is -0.124. The molecule has 0 atom stereocenters. The lowest BCUT2D eigenvalue weighted by Crippen LogP contribution is -2.30. The van der Waals surface area contributed by atoms with Gasteiger partial charge in [-0.1, -0.05) is 0 Å². The Morgan fingerprint density at radius 3 is 2.84 bits per heavy atom. The van der Waals surface area contributed by atoms with Gasteiger partial charge in [-0.15, -0.1) is 0 Å². The highest BCUT2D eigenvalue weighted by atomic mass is 16.7. The molecule has 0 saturated heterocycles. The van der Waals surface area contributed by atoms with Crippen LogP contribution in [0.3, 0.4) is 0 Å². The Bertz CT molecular complexity index is 524. The highest BCUT2D eigenvalue weighted by molar-refractivity contribution is 5.92. The van der Waals surface area contributed by atoms with Crippen LogP contribution in [0.4, 0.5) is 0 Å². The zero-order chi connectivity index (χ0) is 13.2. The van der Waals surface area contributed by atoms with E-state index in [0.717, 1.165) is 12.8 Å². The van der Waals surface area contributed by atoms with Gasteiger partial charge in [0.25, 0.3) is 5.91 Å². The van der Waals surface area contributed by atoms with Gasteiger partial charge in [-0.2, -0.15) is 0 Å². The first-order chi connectivity index (χ1) is 9.22. The number of benzene rings is 1. The Morgan fingerprint density at radius 2 is 2.05 bits per heavy atom. The maximum Gasteiger partial charge on any atom is 0.338 e. The number of hydrogen-bond donors (Lipinski definition) is 1. The molecule has 6 nitrogen and oxygen atoms in total. The summed E-state index contributed by atoms with van der Waals surface area (Å²) in [6, 6.07) is 5.03. The van der Waals surface area contributed by atoms with Crippen molar-refractivity contribution in [2.24, 2.45) is 0 Å². The van der Waals surface area contributed by atoms with Gasteiger partial charge in [-0.05, 0) is 31.0 Å². The fourth-order valence-electron chi connectivity index (χ4n) is 1.73. The molecule has 100 valence electrons. The lowest BCUT2D eigenvalue weighted by atomic mass is 10.2. The molecule has 0 bridgehead atoms. The molecule has 19 heavy (non-hydrogen) atoms. The molecule has 0 spiro atoms. The van der Waals surface area contributed by atoms with Gasteiger partial charge < -0.3 is 19.5 Å². The SMILES string of the molecule is O=C(COC(=O)c1ccc2c(c1)OCO2)NC1CC1. The van der Waals surface area contributed by atoms with Crippen LogP contribution in [0.5, 0.6) is 11.5 Å². The Kier molecular flexibility index (Phi) is 2.98. The number of carbonyl (C=O) groups is 2. The fourth-order valence-corrected chi connectivity index (χ4v) is 1.73. The third-order valence-electron chi connectivity index (χ3n) is 2.89. The van der Waals surface area contributed by atoms with Crippen molar-refractivity contribution in [2.45, 2.75) is 18.9 Å². The molecular formula is C13H13NO5. The minimum absolute atomic E-state index is 0.150. The number of hydrogen-bond acceptors (Lipinski definition) is 5. The first-order valence-electron chi connectivity index (χ1n) is 6.08. The van der Waals surface area contributed by atoms with Crippen molar-refractivity contribution in [1.82, 2.24) is 5.32 Å². The van der Waals surface area contributed by atoms with E-state index in [9.17, 15) is 9.59 Å². The van der Waals surface area contributed by atoms with Crippen LogP contribution in [0.2, 0.25) is 0 Å². The number of amides is 1. The minimum atomic E-state index is -0.552. The zero-order valence-corrected chi connectivity index (χ0v) is 10.2. The topological polar surface area (TPSA) is 73.9 Å². The van der Waals surface area contributed by atoms with Gasteiger partial charge in [0.2, 0.25) is 6.79 Å². The first kappa shape index (κ1) is 11.8. The smallest absolute Gasteiger partial charge is 0.338 e. The predicted octanol–water partition coefficient (Wildman–Crippen LogP) is 0.851. The van der Waals surface area contributed by atoms with E-state index in [2.05, 4.69) is 5.32 Å². The lowest BCUT2D eigenvalue weighted by Gasteiger charge is -2.06. The molecule has 1 aliphatic carbocycles. The molecule has 1 fully saturated rings. The summed E-state index contributed by atoms with van der Waals surface area (Å²) < 4.78 is 15.2. The van der Waals surface area contributed by atoms with Gasteiger partial charge in [-0.3, -0.25) is 4.79 Å². The normalized spacial score (nSPS) is 16.0. The van der Waals surface area contributed by atoms with E-state index >= 15 is 0 Å². The second kappa shape index (κ2) is 4.79. The number of rotatable bonds is 4. The maximum absolute atomic E-state index is 11.8. The second-order valence-corrected chi connectivity index (χ2v) is 4.49. The van der Waals surface area contributed by atoms with Crippen molar-refractivity contribution >= 4 is 11.9 Å². The molecular weight excluding hydrogens is 250 g/mol. The molecule has 1 aromatic rings. The molecule has 2 aliphatic rings. The maximum atomic E-state index is 11.8. The van der Waals surface area contributed by atoms with Crippen LogP contribution in [-0.2, 0) is 9.53 Å². The van der Waals surface area contributed by atoms with Crippen molar-refractivity contribution in [2.75, 3.05) is 13.4 Å². The Balaban J connectivity index is 1.56. The summed E-state index contributed by atoms with van der Waals surface area (Å²) in [6.45, 7) is -0.110. The second-order valence-electron chi connectivity index (χ2n) is 4.49. The molecule has 1 aliphatic heterocycles. The predicted molar refractivity (Wildman–Crippen MR) is 64.0 cm³/mol. The molecule has 1 heterocycles. The highest BCUT2D eigenvalue weighted by Gasteiger charge is 2.24. The van der Waals surface area contributed by atoms with Crippen molar-refractivity contribution < 1.29 is 23.8 Å². The molecule has 0 radical (unpaired) electrons. The number of carbonyl (C=O) groups excluding carboxylic acids is 2. The van der Waals surface area contributed by atoms with Crippen molar-refractivity contribution in [3.05, 3.63) is 23.8 Å². The average Bonchev–Trinajstić information content (AvgIpc) is 3.09. The zero-order valence-electron chi connectivity index (χ0n) is 10.2. The summed E-state index contributed by atoms with van der Waals surface area (Å²) in [5, 5.41) is 2.74. The van der Waals surface area contributed by atoms with E-state index in [1.54, 1.807) is 18.2 Å². The van der Waals surface area contributed by atoms with Crippen molar-refractivity contribution in [3.63, 3.8) is 0 Å². The third kappa shape index (κ3) is 2.78. The van der Waals surface area contributed by atoms with E-state index in [0.29, 0.717) is 17.1 Å². The van der Waals surface area contributed by atoms with E-state index in [4.69, 9.17) is 14.2 Å². The summed E-state index contributed by atoms with van der Waals surface area (Å²) in [4.78, 5) is 23.1. The summed E-state index contributed by atoms with van der Waals surface area (Å²) in [6.07, 6.45) is 2.00. The third-order valence-corrected chi connectivity index (χ3v) is 2.89. The van der Waals surface area contributed by atoms with Gasteiger partial charge in [0.15, 0.2) is 18.1 Å². The van der Waals surface area contributed by atoms with Crippen LogP contribution in [-0.4, -0.2) is 31.3 Å². The van der Waals surface area contributed by atoms with Crippen LogP contribution in [0, 0.1) is 0 Å². The van der Waals surface area contributed by atoms with Gasteiger partial charge in [0.05, 0.1) is 5.56 Å². The van der Waals surface area contributed by atoms with Gasteiger partial charge in [0.1, 0.15) is 0 Å². The Morgan fingerprint density at radius 1 is 1.26 bits per heavy atom. The van der Waals surface area contributed by atoms with Gasteiger partial charge in [-0.25, -0.2) is 4.79 Å². The minimum Gasteiger partial charge on any atom is -0.454 e. The monoisotopic (exact) mass is 263 g/mol. The largest absolute Gasteiger partial charge is 0.454 e. The van der Waals surface area contributed by atoms with E-state index < -0.39 is 5.97 Å². The number of nitrogens with one attached hydrogen (secondary N) is 1. The standard InChI is InChI=1S/C13H13NO5/c15-12(14-9-2-3-9)6-17-13(16)8-1-4-10-11(5-8)19-7-18-10/h1,4-5,9H,2-3,6-7H2,(H,14,15). The van der Waals surface area contributed by atoms with Crippen LogP contribution >= 0.6 is 0 Å². The van der Waals surface area contributed by atoms with E-state index in [1.807, 2.05) is 0 Å². The van der Waals surface area contributed by atoms with Crippen LogP contribution in [0.15, 0.2) is 18.2 Å². The average molecular weight is 263 g/mol. The molecule has 1 amide bonds. The summed E-state index contributed by atoms with van der Waals surface area (Å²) in [5.74, 6) is 0.292. The van der Waals surface area contributed by atoms with Crippen molar-refractivity contribution in [1.29, 1.82) is 0 Å². The first-order valence-corrected chi connectivity index (χ1v) is 6.08. The Labute approximate surface area is 109 Å². The highest BCUT2D eigenvalue weighted by Crippen LogP contribution is 2.32. The summed E-state index contributed by atoms with van der Waals surface area (Å²) >= 11 is 0. The van der Waals surface area contributed by atoms with Crippen LogP contribution < -0.4 is 14.8 Å². The molecule has 3 rings (SSSR count). The van der Waals surface area contributed by atoms with Crippen molar-refractivity contribution in [3.8, 4) is 11.5 Å². The molecule has 0 aromatic heterocycles. The summed E-state index contributed by atoms with van der Waals surface area (Å²) in [5.41, 5.74) is 0.337. The van der Waals surface area contributed by atoms with Crippen LogP contribution in [0.1, 0.15) is 23.2 Å².